The lowest BCUT2D eigenvalue weighted by atomic mass is 9.70. The Labute approximate surface area is 333 Å². The monoisotopic (exact) mass is 814 g/mol. The highest BCUT2D eigenvalue weighted by Crippen LogP contribution is 2.46. The molecule has 6 rings (SSSR count). The number of anilines is 1. The van der Waals surface area contributed by atoms with Gasteiger partial charge in [-0.3, -0.25) is 9.59 Å². The lowest BCUT2D eigenvalue weighted by molar-refractivity contribution is -0.153. The maximum absolute atomic E-state index is 14.0. The summed E-state index contributed by atoms with van der Waals surface area (Å²) in [5, 5.41) is 13.1. The Morgan fingerprint density at radius 1 is 1.07 bits per heavy atom. The van der Waals surface area contributed by atoms with Crippen LogP contribution in [-0.2, 0) is 42.9 Å². The Morgan fingerprint density at radius 3 is 2.49 bits per heavy atom. The molecule has 14 heteroatoms. The van der Waals surface area contributed by atoms with Crippen molar-refractivity contribution in [1.82, 2.24) is 13.9 Å². The number of aryl methyl sites for hydroxylation is 1. The number of fused-ring (bicyclic) bond motifs is 4. The highest BCUT2D eigenvalue weighted by molar-refractivity contribution is 7.87. The minimum atomic E-state index is -4.29. The Balaban J connectivity index is 1.46. The van der Waals surface area contributed by atoms with Crippen LogP contribution in [0.4, 0.5) is 5.69 Å². The molecular formula is C41H59ClN4O7SSi. The highest BCUT2D eigenvalue weighted by atomic mass is 35.5. The molecule has 0 radical (unpaired) electrons. The zero-order chi connectivity index (χ0) is 39.9. The van der Waals surface area contributed by atoms with Crippen LogP contribution in [0.2, 0.25) is 23.2 Å². The Morgan fingerprint density at radius 2 is 1.84 bits per heavy atom. The summed E-state index contributed by atoms with van der Waals surface area (Å²) in [6.07, 6.45) is 9.78. The Bertz CT molecular complexity index is 1900. The first-order valence-electron chi connectivity index (χ1n) is 19.7. The molecule has 2 bridgehead atoms. The first-order valence-corrected chi connectivity index (χ1v) is 24.4. The highest BCUT2D eigenvalue weighted by Gasteiger charge is 2.47. The lowest BCUT2D eigenvalue weighted by Gasteiger charge is -2.48. The second-order valence-corrected chi connectivity index (χ2v) is 24.7. The molecule has 2 fully saturated rings. The van der Waals surface area contributed by atoms with E-state index in [0.717, 1.165) is 54.0 Å². The molecule has 5 atom stereocenters. The topological polar surface area (TPSA) is 129 Å². The van der Waals surface area contributed by atoms with Crippen LogP contribution in [0.25, 0.3) is 0 Å². The predicted octanol–water partition coefficient (Wildman–Crippen LogP) is 6.54. The SMILES string of the molecule is CN(C)S(=O)(=O)NC(=O)[C@]1(O)CC(=O)N2CC[C@@H]2C/C=C/C(O[Si](C)(C)C(C)(C)C)[C@@H]2CC[C@H]2CN2CCCCc3cc(Cl)ccc3COc3ccc1cc32. The molecule has 3 aliphatic heterocycles. The fourth-order valence-electron chi connectivity index (χ4n) is 7.83. The third-order valence-corrected chi connectivity index (χ3v) is 18.8. The second-order valence-electron chi connectivity index (χ2n) is 17.6. The molecule has 1 saturated carbocycles. The van der Waals surface area contributed by atoms with E-state index >= 15 is 0 Å². The molecule has 1 aliphatic carbocycles. The van der Waals surface area contributed by atoms with Gasteiger partial charge in [0.05, 0.1) is 18.2 Å². The van der Waals surface area contributed by atoms with Crippen LogP contribution in [0.3, 0.4) is 0 Å². The van der Waals surface area contributed by atoms with Gasteiger partial charge in [-0.15, -0.1) is 0 Å². The summed E-state index contributed by atoms with van der Waals surface area (Å²) in [6.45, 7) is 13.5. The molecule has 2 aromatic rings. The van der Waals surface area contributed by atoms with Crippen LogP contribution in [0.5, 0.6) is 5.75 Å². The number of benzene rings is 2. The third kappa shape index (κ3) is 8.97. The zero-order valence-corrected chi connectivity index (χ0v) is 36.0. The number of halogens is 1. The van der Waals surface area contributed by atoms with Gasteiger partial charge in [0.2, 0.25) is 5.91 Å². The standard InChI is InChI=1S/C41H59ClN4O7SSi/c1-40(2,3)55(6,7)53-36-13-10-12-33-20-22-46(33)38(47)25-41(49,39(48)43-54(50,51)44(4)5)31-16-19-37-35(24-31)45(26-29-15-18-34(29)36)21-9-8-11-28-23-32(42)17-14-30(28)27-52-37/h10,13-14,16-17,19,23-24,29,33-34,36,49H,8-9,11-12,15,18,20-22,25-27H2,1-7H3,(H,43,48)/b13-10+/t29-,33-,34+,36?,41-/m0/s1. The fraction of sp³-hybridized carbons (Fsp3) is 0.610. The lowest BCUT2D eigenvalue weighted by Crippen LogP contribution is -2.56. The van der Waals surface area contributed by atoms with Crippen molar-refractivity contribution < 1.29 is 32.3 Å². The number of hydrogen-bond acceptors (Lipinski definition) is 8. The summed E-state index contributed by atoms with van der Waals surface area (Å²) >= 11 is 6.42. The van der Waals surface area contributed by atoms with Crippen LogP contribution in [0.1, 0.15) is 82.4 Å². The average molecular weight is 816 g/mol. The first kappa shape index (κ1) is 41.7. The normalized spacial score (nSPS) is 27.3. The van der Waals surface area contributed by atoms with Crippen molar-refractivity contribution in [2.45, 2.75) is 115 Å². The maximum atomic E-state index is 14.0. The molecule has 3 heterocycles. The number of carbonyl (C=O) groups is 2. The van der Waals surface area contributed by atoms with Crippen molar-refractivity contribution in [1.29, 1.82) is 0 Å². The summed E-state index contributed by atoms with van der Waals surface area (Å²) in [6, 6.07) is 10.8. The number of nitrogens with one attached hydrogen (secondary N) is 1. The number of nitrogens with zero attached hydrogens (tertiary/aromatic N) is 3. The molecule has 1 unspecified atom stereocenters. The number of aliphatic hydroxyl groups is 1. The molecule has 0 spiro atoms. The van der Waals surface area contributed by atoms with Crippen molar-refractivity contribution in [3.8, 4) is 5.75 Å². The zero-order valence-electron chi connectivity index (χ0n) is 33.4. The van der Waals surface area contributed by atoms with Crippen molar-refractivity contribution in [2.24, 2.45) is 11.8 Å². The number of ether oxygens (including phenoxy) is 1. The van der Waals surface area contributed by atoms with Crippen LogP contribution in [0, 0.1) is 11.8 Å². The quantitative estimate of drug-likeness (QED) is 0.258. The van der Waals surface area contributed by atoms with Gasteiger partial charge in [-0.05, 0) is 116 Å². The van der Waals surface area contributed by atoms with E-state index in [1.807, 2.05) is 22.9 Å². The molecule has 2 amide bonds. The molecule has 55 heavy (non-hydrogen) atoms. The van der Waals surface area contributed by atoms with Gasteiger partial charge in [0.25, 0.3) is 5.91 Å². The van der Waals surface area contributed by atoms with E-state index in [1.165, 1.54) is 14.1 Å². The van der Waals surface area contributed by atoms with Gasteiger partial charge in [-0.1, -0.05) is 56.7 Å². The molecule has 1 saturated heterocycles. The third-order valence-electron chi connectivity index (χ3n) is 12.7. The molecule has 2 N–H and O–H groups in total. The minimum Gasteiger partial charge on any atom is -0.487 e. The van der Waals surface area contributed by atoms with Crippen molar-refractivity contribution in [3.05, 3.63) is 70.3 Å². The number of hydrogen-bond donors (Lipinski definition) is 2. The van der Waals surface area contributed by atoms with Crippen LogP contribution < -0.4 is 14.4 Å². The van der Waals surface area contributed by atoms with E-state index < -0.39 is 42.4 Å². The average Bonchev–Trinajstić information content (AvgIpc) is 3.09. The minimum absolute atomic E-state index is 0.0360. The summed E-state index contributed by atoms with van der Waals surface area (Å²) in [5.41, 5.74) is 0.469. The molecular weight excluding hydrogens is 756 g/mol. The van der Waals surface area contributed by atoms with Crippen LogP contribution >= 0.6 is 11.6 Å². The van der Waals surface area contributed by atoms with Gasteiger partial charge in [-0.2, -0.15) is 12.7 Å². The molecule has 11 nitrogen and oxygen atoms in total. The smallest absolute Gasteiger partial charge is 0.303 e. The van der Waals surface area contributed by atoms with Gasteiger partial charge in [0.15, 0.2) is 13.9 Å². The largest absolute Gasteiger partial charge is 0.487 e. The van der Waals surface area contributed by atoms with Crippen molar-refractivity contribution in [2.75, 3.05) is 38.6 Å². The summed E-state index contributed by atoms with van der Waals surface area (Å²) < 4.78 is 42.5. The van der Waals surface area contributed by atoms with Gasteiger partial charge in [0.1, 0.15) is 12.4 Å². The number of rotatable bonds is 5. The van der Waals surface area contributed by atoms with E-state index in [1.54, 1.807) is 23.1 Å². The fourth-order valence-corrected chi connectivity index (χ4v) is 9.90. The predicted molar refractivity (Wildman–Crippen MR) is 219 cm³/mol. The van der Waals surface area contributed by atoms with Gasteiger partial charge in [-0.25, -0.2) is 4.72 Å². The summed E-state index contributed by atoms with van der Waals surface area (Å²) in [5.74, 6) is -0.458. The van der Waals surface area contributed by atoms with Crippen LogP contribution in [-0.4, -0.2) is 88.7 Å². The summed E-state index contributed by atoms with van der Waals surface area (Å²) in [4.78, 5) is 32.1. The Hall–Kier alpha value is -2.94. The molecule has 2 aromatic carbocycles. The van der Waals surface area contributed by atoms with E-state index in [4.69, 9.17) is 20.8 Å². The number of amides is 2. The van der Waals surface area contributed by atoms with Gasteiger partial charge >= 0.3 is 10.2 Å². The van der Waals surface area contributed by atoms with E-state index in [0.29, 0.717) is 48.4 Å². The van der Waals surface area contributed by atoms with Crippen molar-refractivity contribution in [3.63, 3.8) is 0 Å². The second kappa shape index (κ2) is 16.1. The number of carbonyl (C=O) groups excluding carboxylic acids is 2. The van der Waals surface area contributed by atoms with E-state index in [-0.39, 0.29) is 35.3 Å². The van der Waals surface area contributed by atoms with E-state index in [9.17, 15) is 23.1 Å². The first-order chi connectivity index (χ1) is 25.8. The van der Waals surface area contributed by atoms with Crippen molar-refractivity contribution >= 4 is 47.6 Å². The van der Waals surface area contributed by atoms with Gasteiger partial charge < -0.3 is 24.1 Å². The molecule has 0 aromatic heterocycles. The van der Waals surface area contributed by atoms with E-state index in [2.05, 4.69) is 50.9 Å². The maximum Gasteiger partial charge on any atom is 0.303 e. The molecule has 302 valence electrons. The summed E-state index contributed by atoms with van der Waals surface area (Å²) in [7, 11) is -3.85. The van der Waals surface area contributed by atoms with Crippen LogP contribution in [0.15, 0.2) is 48.6 Å². The Kier molecular flexibility index (Phi) is 12.2. The van der Waals surface area contributed by atoms with Gasteiger partial charge in [0, 0.05) is 44.8 Å². The molecule has 4 aliphatic rings.